The van der Waals surface area contributed by atoms with Gasteiger partial charge in [0.25, 0.3) is 10.0 Å². The van der Waals surface area contributed by atoms with Crippen LogP contribution < -0.4 is 10.5 Å². The van der Waals surface area contributed by atoms with Crippen LogP contribution in [0.3, 0.4) is 0 Å². The lowest BCUT2D eigenvalue weighted by molar-refractivity contribution is 0.553. The van der Waals surface area contributed by atoms with E-state index in [0.717, 1.165) is 0 Å². The van der Waals surface area contributed by atoms with E-state index >= 15 is 0 Å². The number of nitrogens with two attached hydrogens (primary N) is 1. The Morgan fingerprint density at radius 2 is 1.90 bits per heavy atom. The van der Waals surface area contributed by atoms with Crippen molar-refractivity contribution in [1.29, 1.82) is 0 Å². The Kier molecular flexibility index (Phi) is 3.78. The van der Waals surface area contributed by atoms with E-state index in [0.29, 0.717) is 12.1 Å². The molecule has 0 saturated carbocycles. The Labute approximate surface area is 118 Å². The van der Waals surface area contributed by atoms with Gasteiger partial charge >= 0.3 is 0 Å². The van der Waals surface area contributed by atoms with Gasteiger partial charge in [-0.25, -0.2) is 22.2 Å². The molecule has 0 bridgehead atoms. The van der Waals surface area contributed by atoms with Crippen molar-refractivity contribution in [3.63, 3.8) is 0 Å². The zero-order chi connectivity index (χ0) is 14.9. The number of nitrogen functional groups attached to an aromatic ring is 1. The molecule has 0 amide bonds. The molecule has 0 fully saturated rings. The lowest BCUT2D eigenvalue weighted by atomic mass is 10.3. The van der Waals surface area contributed by atoms with E-state index in [1.165, 1.54) is 18.3 Å². The highest BCUT2D eigenvalue weighted by atomic mass is 35.5. The van der Waals surface area contributed by atoms with E-state index in [2.05, 4.69) is 9.71 Å². The Morgan fingerprint density at radius 1 is 1.20 bits per heavy atom. The molecule has 0 saturated heterocycles. The molecule has 2 aromatic rings. The third-order valence-corrected chi connectivity index (χ3v) is 3.92. The highest BCUT2D eigenvalue weighted by Gasteiger charge is 2.21. The second kappa shape index (κ2) is 5.22. The van der Waals surface area contributed by atoms with Gasteiger partial charge in [0.1, 0.15) is 21.7 Å². The summed E-state index contributed by atoms with van der Waals surface area (Å²) in [5.41, 5.74) is 4.86. The molecule has 3 N–H and O–H groups in total. The standard InChI is InChI=1S/C11H8ClF2N3O2S/c12-11-3-6(1-2-16-11)17-20(18,19)10-5-9(15)7(13)4-8(10)14/h1-5H,15H2,(H,16,17). The fourth-order valence-corrected chi connectivity index (χ4v) is 2.75. The lowest BCUT2D eigenvalue weighted by Crippen LogP contribution is -2.15. The van der Waals surface area contributed by atoms with Crippen LogP contribution in [0.1, 0.15) is 0 Å². The SMILES string of the molecule is Nc1cc(S(=O)(=O)Nc2ccnc(Cl)c2)c(F)cc1F. The van der Waals surface area contributed by atoms with Gasteiger partial charge in [-0.1, -0.05) is 11.6 Å². The first-order valence-corrected chi connectivity index (χ1v) is 7.04. The van der Waals surface area contributed by atoms with Gasteiger partial charge in [0.05, 0.1) is 11.4 Å². The van der Waals surface area contributed by atoms with Crippen molar-refractivity contribution < 1.29 is 17.2 Å². The van der Waals surface area contributed by atoms with Gasteiger partial charge in [0.2, 0.25) is 0 Å². The molecular formula is C11H8ClF2N3O2S. The molecule has 106 valence electrons. The fourth-order valence-electron chi connectivity index (χ4n) is 1.43. The van der Waals surface area contributed by atoms with Crippen molar-refractivity contribution in [2.24, 2.45) is 0 Å². The van der Waals surface area contributed by atoms with Crippen molar-refractivity contribution in [3.8, 4) is 0 Å². The second-order valence-electron chi connectivity index (χ2n) is 3.78. The predicted octanol–water partition coefficient (Wildman–Crippen LogP) is 2.40. The number of halogens is 3. The summed E-state index contributed by atoms with van der Waals surface area (Å²) in [7, 11) is -4.26. The van der Waals surface area contributed by atoms with Crippen LogP contribution >= 0.6 is 11.6 Å². The molecule has 1 aromatic carbocycles. The monoisotopic (exact) mass is 319 g/mol. The minimum absolute atomic E-state index is 0.0595. The number of aromatic nitrogens is 1. The summed E-state index contributed by atoms with van der Waals surface area (Å²) in [6.45, 7) is 0. The van der Waals surface area contributed by atoms with Gasteiger partial charge in [0.15, 0.2) is 0 Å². The lowest BCUT2D eigenvalue weighted by Gasteiger charge is -2.10. The van der Waals surface area contributed by atoms with Gasteiger partial charge in [0, 0.05) is 12.3 Å². The van der Waals surface area contributed by atoms with Gasteiger partial charge < -0.3 is 5.73 Å². The van der Waals surface area contributed by atoms with Crippen LogP contribution in [0.2, 0.25) is 5.15 Å². The molecule has 2 rings (SSSR count). The summed E-state index contributed by atoms with van der Waals surface area (Å²) in [5.74, 6) is -2.28. The first kappa shape index (κ1) is 14.5. The second-order valence-corrected chi connectivity index (χ2v) is 5.81. The van der Waals surface area contributed by atoms with E-state index in [4.69, 9.17) is 17.3 Å². The Morgan fingerprint density at radius 3 is 2.55 bits per heavy atom. The number of hydrogen-bond acceptors (Lipinski definition) is 4. The molecule has 0 aliphatic rings. The number of rotatable bonds is 3. The number of pyridine rings is 1. The summed E-state index contributed by atoms with van der Waals surface area (Å²) in [4.78, 5) is 2.91. The van der Waals surface area contributed by atoms with E-state index in [9.17, 15) is 17.2 Å². The van der Waals surface area contributed by atoms with Crippen molar-refractivity contribution >= 4 is 33.0 Å². The average molecular weight is 320 g/mol. The number of hydrogen-bond donors (Lipinski definition) is 2. The van der Waals surface area contributed by atoms with Crippen LogP contribution in [-0.4, -0.2) is 13.4 Å². The average Bonchev–Trinajstić information content (AvgIpc) is 2.33. The highest BCUT2D eigenvalue weighted by molar-refractivity contribution is 7.92. The molecule has 0 atom stereocenters. The Hall–Kier alpha value is -1.93. The van der Waals surface area contributed by atoms with Crippen molar-refractivity contribution in [1.82, 2.24) is 4.98 Å². The van der Waals surface area contributed by atoms with Crippen LogP contribution in [0.4, 0.5) is 20.2 Å². The summed E-state index contributed by atoms with van der Waals surface area (Å²) >= 11 is 5.61. The third kappa shape index (κ3) is 2.97. The third-order valence-electron chi connectivity index (χ3n) is 2.32. The van der Waals surface area contributed by atoms with Gasteiger partial charge in [-0.3, -0.25) is 4.72 Å². The van der Waals surface area contributed by atoms with Crippen molar-refractivity contribution in [3.05, 3.63) is 47.2 Å². The molecule has 1 heterocycles. The number of nitrogens with one attached hydrogen (secondary N) is 1. The summed E-state index contributed by atoms with van der Waals surface area (Å²) < 4.78 is 52.7. The van der Waals surface area contributed by atoms with E-state index in [1.54, 1.807) is 0 Å². The quantitative estimate of drug-likeness (QED) is 0.672. The van der Waals surface area contributed by atoms with Gasteiger partial charge in [-0.15, -0.1) is 0 Å². The first-order valence-electron chi connectivity index (χ1n) is 5.18. The number of sulfonamides is 1. The van der Waals surface area contributed by atoms with Crippen LogP contribution in [0.25, 0.3) is 0 Å². The van der Waals surface area contributed by atoms with Gasteiger partial charge in [-0.2, -0.15) is 0 Å². The van der Waals surface area contributed by atoms with Gasteiger partial charge in [-0.05, 0) is 18.2 Å². The molecule has 0 aliphatic carbocycles. The minimum Gasteiger partial charge on any atom is -0.396 e. The molecule has 9 heteroatoms. The number of anilines is 2. The Bertz CT molecular complexity index is 768. The van der Waals surface area contributed by atoms with Crippen LogP contribution in [0.15, 0.2) is 35.4 Å². The summed E-state index contributed by atoms with van der Waals surface area (Å²) in [6, 6.07) is 3.68. The smallest absolute Gasteiger partial charge is 0.264 e. The number of nitrogens with zero attached hydrogens (tertiary/aromatic N) is 1. The molecule has 0 unspecified atom stereocenters. The maximum absolute atomic E-state index is 13.6. The normalized spacial score (nSPS) is 11.3. The Balaban J connectivity index is 2.43. The zero-order valence-corrected chi connectivity index (χ0v) is 11.3. The van der Waals surface area contributed by atoms with Crippen LogP contribution in [0.5, 0.6) is 0 Å². The molecule has 0 radical (unpaired) electrons. The molecule has 5 nitrogen and oxygen atoms in total. The van der Waals surface area contributed by atoms with Crippen molar-refractivity contribution in [2.75, 3.05) is 10.5 Å². The largest absolute Gasteiger partial charge is 0.396 e. The van der Waals surface area contributed by atoms with E-state index in [1.807, 2.05) is 0 Å². The zero-order valence-electron chi connectivity index (χ0n) is 9.77. The number of benzene rings is 1. The fraction of sp³-hybridized carbons (Fsp3) is 0. The highest BCUT2D eigenvalue weighted by Crippen LogP contribution is 2.23. The first-order chi connectivity index (χ1) is 9.29. The summed E-state index contributed by atoms with van der Waals surface area (Å²) in [5, 5.41) is 0.0595. The predicted molar refractivity (Wildman–Crippen MR) is 70.8 cm³/mol. The molecule has 0 spiro atoms. The van der Waals surface area contributed by atoms with E-state index in [-0.39, 0.29) is 10.8 Å². The molecule has 0 aliphatic heterocycles. The minimum atomic E-state index is -4.26. The summed E-state index contributed by atoms with van der Waals surface area (Å²) in [6.07, 6.45) is 1.27. The topological polar surface area (TPSA) is 85.1 Å². The molecule has 1 aromatic heterocycles. The van der Waals surface area contributed by atoms with E-state index < -0.39 is 32.2 Å². The van der Waals surface area contributed by atoms with Crippen LogP contribution in [-0.2, 0) is 10.0 Å². The maximum Gasteiger partial charge on any atom is 0.264 e. The van der Waals surface area contributed by atoms with Crippen molar-refractivity contribution in [2.45, 2.75) is 4.90 Å². The molecular weight excluding hydrogens is 312 g/mol. The van der Waals surface area contributed by atoms with Crippen LogP contribution in [0, 0.1) is 11.6 Å². The maximum atomic E-state index is 13.6. The molecule has 20 heavy (non-hydrogen) atoms.